The van der Waals surface area contributed by atoms with E-state index >= 15 is 0 Å². The molecule has 1 N–H and O–H groups in total. The van der Waals surface area contributed by atoms with Crippen LogP contribution in [0.4, 0.5) is 26.3 Å². The molecular weight excluding hydrogens is 1030 g/mol. The molecular formula is C54H54F6N8O10. The van der Waals surface area contributed by atoms with Crippen LogP contribution in [-0.4, -0.2) is 114 Å². The summed E-state index contributed by atoms with van der Waals surface area (Å²) in [5.74, 6) is -2.49. The third kappa shape index (κ3) is 12.1. The fraction of sp³-hybridized carbons (Fsp3) is 0.333. The molecule has 2 aromatic carbocycles. The Morgan fingerprint density at radius 1 is 0.538 bits per heavy atom. The van der Waals surface area contributed by atoms with Crippen LogP contribution in [0, 0.1) is 0 Å². The fourth-order valence-corrected chi connectivity index (χ4v) is 8.23. The predicted octanol–water partition coefficient (Wildman–Crippen LogP) is 10.9. The second-order valence-electron chi connectivity index (χ2n) is 18.7. The number of hydrogen-bond acceptors (Lipinski definition) is 13. The van der Waals surface area contributed by atoms with Crippen LogP contribution in [-0.2, 0) is 25.4 Å². The lowest BCUT2D eigenvalue weighted by molar-refractivity contribution is -0.152. The Bertz CT molecular complexity index is 3490. The molecule has 78 heavy (non-hydrogen) atoms. The Kier molecular flexibility index (Phi) is 16.4. The van der Waals surface area contributed by atoms with E-state index in [-0.39, 0.29) is 40.7 Å². The van der Waals surface area contributed by atoms with E-state index in [2.05, 4.69) is 20.2 Å². The highest BCUT2D eigenvalue weighted by atomic mass is 19.4. The van der Waals surface area contributed by atoms with Crippen LogP contribution in [0.5, 0.6) is 23.0 Å². The number of rotatable bonds is 19. The number of Topliss-reactive ketones (excluding diaryl/α,β-unsaturated/α-hetero) is 2. The van der Waals surface area contributed by atoms with Gasteiger partial charge in [0, 0.05) is 59.9 Å². The molecule has 6 heterocycles. The highest BCUT2D eigenvalue weighted by Gasteiger charge is 2.34. The zero-order valence-electron chi connectivity index (χ0n) is 43.7. The Morgan fingerprint density at radius 3 is 1.24 bits per heavy atom. The summed E-state index contributed by atoms with van der Waals surface area (Å²) in [5.41, 5.74) is 4.36. The van der Waals surface area contributed by atoms with Crippen LogP contribution in [0.25, 0.3) is 56.1 Å². The molecule has 0 unspecified atom stereocenters. The van der Waals surface area contributed by atoms with Crippen molar-refractivity contribution in [1.29, 1.82) is 0 Å². The molecule has 0 bridgehead atoms. The van der Waals surface area contributed by atoms with Gasteiger partial charge in [-0.05, 0) is 94.3 Å². The van der Waals surface area contributed by atoms with Crippen molar-refractivity contribution in [3.63, 3.8) is 0 Å². The lowest BCUT2D eigenvalue weighted by atomic mass is 10.0. The van der Waals surface area contributed by atoms with Crippen LogP contribution >= 0.6 is 0 Å². The number of imidazole rings is 2. The maximum Gasteiger partial charge on any atom is 0.389 e. The van der Waals surface area contributed by atoms with Gasteiger partial charge in [-0.3, -0.25) is 27.8 Å². The molecule has 0 aliphatic carbocycles. The minimum atomic E-state index is -4.46. The number of benzene rings is 2. The second-order valence-corrected chi connectivity index (χ2v) is 18.7. The van der Waals surface area contributed by atoms with E-state index in [1.165, 1.54) is 33.1 Å². The van der Waals surface area contributed by atoms with Gasteiger partial charge in [0.05, 0.1) is 84.1 Å². The molecule has 0 spiro atoms. The Hall–Kier alpha value is -8.70. The Morgan fingerprint density at radius 2 is 0.910 bits per heavy atom. The molecule has 0 radical (unpaired) electrons. The zero-order chi connectivity index (χ0) is 57.1. The number of carboxylic acids is 1. The molecule has 8 aromatic rings. The van der Waals surface area contributed by atoms with Crippen molar-refractivity contribution in [1.82, 2.24) is 38.3 Å². The van der Waals surface area contributed by atoms with E-state index in [1.807, 2.05) is 34.9 Å². The van der Waals surface area contributed by atoms with Crippen molar-refractivity contribution >= 4 is 34.8 Å². The summed E-state index contributed by atoms with van der Waals surface area (Å²) in [5, 5.41) is 18.0. The molecule has 0 aliphatic rings. The molecule has 18 nitrogen and oxygen atoms in total. The number of fused-ring (bicyclic) bond motifs is 2. The summed E-state index contributed by atoms with van der Waals surface area (Å²) in [6, 6.07) is 13.6. The van der Waals surface area contributed by atoms with Gasteiger partial charge in [-0.2, -0.15) is 36.5 Å². The number of ketones is 2. The second kappa shape index (κ2) is 22.5. The van der Waals surface area contributed by atoms with Crippen LogP contribution in [0.3, 0.4) is 0 Å². The first-order chi connectivity index (χ1) is 36.7. The average Bonchev–Trinajstić information content (AvgIpc) is 4.41. The first kappa shape index (κ1) is 57.0. The number of carbonyl (C=O) groups is 4. The number of alkyl halides is 6. The maximum absolute atomic E-state index is 12.7. The first-order valence-corrected chi connectivity index (χ1v) is 23.9. The number of methoxy groups -OCH3 is 4. The van der Waals surface area contributed by atoms with E-state index in [0.717, 1.165) is 16.7 Å². The van der Waals surface area contributed by atoms with Crippen molar-refractivity contribution in [2.75, 3.05) is 35.0 Å². The Labute approximate surface area is 442 Å². The number of esters is 1. The van der Waals surface area contributed by atoms with Gasteiger partial charge in [0.2, 0.25) is 0 Å². The number of aliphatic carboxylic acids is 1. The molecule has 0 amide bonds. The molecule has 0 aliphatic heterocycles. The van der Waals surface area contributed by atoms with Crippen molar-refractivity contribution < 1.29 is 74.3 Å². The van der Waals surface area contributed by atoms with Crippen molar-refractivity contribution in [3.8, 4) is 67.8 Å². The number of carbonyl (C=O) groups excluding carboxylic acids is 3. The average molecular weight is 1090 g/mol. The molecule has 0 atom stereocenters. The number of ether oxygens (including phenoxy) is 5. The number of pyridine rings is 2. The largest absolute Gasteiger partial charge is 0.496 e. The lowest BCUT2D eigenvalue weighted by Gasteiger charge is -2.22. The monoisotopic (exact) mass is 1090 g/mol. The quantitative estimate of drug-likeness (QED) is 0.0455. The first-order valence-electron chi connectivity index (χ1n) is 23.9. The minimum absolute atomic E-state index is 0.0446. The topological polar surface area (TPSA) is 205 Å². The highest BCUT2D eigenvalue weighted by Crippen LogP contribution is 2.40. The molecule has 24 heteroatoms. The van der Waals surface area contributed by atoms with E-state index in [4.69, 9.17) is 23.7 Å². The van der Waals surface area contributed by atoms with Gasteiger partial charge in [-0.25, -0.2) is 19.6 Å². The molecule has 8 rings (SSSR count). The SMILES string of the molecule is CCOC(=O)C(C)(C)n1cc(-c2ccn3c(-c4cc(OC)c(C(=O)CCC(F)(F)F)c(OC)c4)cnc3c2)cn1.COc1cc(-c2cnc3cc(-c4cnn(C(C)(C)C(=O)O)c4)ccn23)cc(OC)c1C(=O)CCC(F)(F)F. The molecule has 6 aromatic heterocycles. The van der Waals surface area contributed by atoms with Gasteiger partial charge in [0.15, 0.2) is 22.6 Å². The number of carboxylic acid groups (broad SMARTS) is 1. The number of aromatic nitrogens is 8. The van der Waals surface area contributed by atoms with Gasteiger partial charge < -0.3 is 28.8 Å². The van der Waals surface area contributed by atoms with Gasteiger partial charge in [0.1, 0.15) is 45.4 Å². The number of halogens is 6. The summed E-state index contributed by atoms with van der Waals surface area (Å²) in [7, 11) is 5.32. The van der Waals surface area contributed by atoms with E-state index in [1.54, 1.807) is 111 Å². The Balaban J connectivity index is 0.000000226. The van der Waals surface area contributed by atoms with Crippen molar-refractivity contribution in [2.24, 2.45) is 0 Å². The van der Waals surface area contributed by atoms with Gasteiger partial charge in [-0.1, -0.05) is 0 Å². The summed E-state index contributed by atoms with van der Waals surface area (Å²) >= 11 is 0. The standard InChI is InChI=1S/C28H29F3N4O5.C26H25F3N4O5/c1-6-40-26(37)27(2,3)35-16-19(14-33-35)17-8-10-34-20(15-32-24(34)13-17)18-11-22(38-4)25(23(12-18)39-5)21(36)7-9-28(29,30)31;1-25(2,24(35)36)33-14-17(12-31-33)15-6-8-32-18(13-30-22(32)11-15)16-9-20(37-3)23(21(10-16)38-4)19(34)5-7-26(27,28)29/h8,10-16H,6-7,9H2,1-5H3;6,8-14H,5,7H2,1-4H3,(H,35,36). The molecule has 0 saturated carbocycles. The maximum atomic E-state index is 12.7. The van der Waals surface area contributed by atoms with Crippen LogP contribution < -0.4 is 18.9 Å². The predicted molar refractivity (Wildman–Crippen MR) is 272 cm³/mol. The normalized spacial score (nSPS) is 12.0. The summed E-state index contributed by atoms with van der Waals surface area (Å²) in [6.45, 7) is 8.56. The minimum Gasteiger partial charge on any atom is -0.496 e. The van der Waals surface area contributed by atoms with Gasteiger partial charge in [0.25, 0.3) is 0 Å². The van der Waals surface area contributed by atoms with Crippen LogP contribution in [0.1, 0.15) is 81.0 Å². The van der Waals surface area contributed by atoms with Crippen molar-refractivity contribution in [2.45, 2.75) is 83.7 Å². The van der Waals surface area contributed by atoms with E-state index in [9.17, 15) is 50.6 Å². The highest BCUT2D eigenvalue weighted by molar-refractivity contribution is 6.03. The fourth-order valence-electron chi connectivity index (χ4n) is 8.23. The van der Waals surface area contributed by atoms with E-state index in [0.29, 0.717) is 39.4 Å². The van der Waals surface area contributed by atoms with E-state index < -0.39 is 72.6 Å². The molecule has 412 valence electrons. The molecule has 0 saturated heterocycles. The lowest BCUT2D eigenvalue weighted by Crippen LogP contribution is -2.37. The smallest absolute Gasteiger partial charge is 0.389 e. The van der Waals surface area contributed by atoms with Crippen molar-refractivity contribution in [3.05, 3.63) is 109 Å². The third-order valence-corrected chi connectivity index (χ3v) is 12.7. The number of hydrogen-bond donors (Lipinski definition) is 1. The summed E-state index contributed by atoms with van der Waals surface area (Å²) in [6.07, 6.45) is 0.595. The molecule has 0 fully saturated rings. The number of nitrogens with zero attached hydrogens (tertiary/aromatic N) is 8. The van der Waals surface area contributed by atoms with Gasteiger partial charge >= 0.3 is 24.3 Å². The van der Waals surface area contributed by atoms with Crippen LogP contribution in [0.2, 0.25) is 0 Å². The summed E-state index contributed by atoms with van der Waals surface area (Å²) in [4.78, 5) is 58.1. The summed E-state index contributed by atoms with van der Waals surface area (Å²) < 4.78 is 109. The van der Waals surface area contributed by atoms with Crippen LogP contribution in [0.15, 0.2) is 98.1 Å². The third-order valence-electron chi connectivity index (χ3n) is 12.7. The zero-order valence-corrected chi connectivity index (χ0v) is 43.7. The van der Waals surface area contributed by atoms with Gasteiger partial charge in [-0.15, -0.1) is 0 Å².